The molecule has 0 saturated heterocycles. The van der Waals surface area contributed by atoms with Crippen LogP contribution >= 0.6 is 15.9 Å². The van der Waals surface area contributed by atoms with Gasteiger partial charge in [-0.15, -0.1) is 0 Å². The van der Waals surface area contributed by atoms with Crippen LogP contribution in [0.4, 0.5) is 10.5 Å². The van der Waals surface area contributed by atoms with E-state index in [0.29, 0.717) is 5.69 Å². The Labute approximate surface area is 133 Å². The second-order valence-corrected chi connectivity index (χ2v) is 6.80. The van der Waals surface area contributed by atoms with E-state index >= 15 is 0 Å². The van der Waals surface area contributed by atoms with E-state index in [1.807, 2.05) is 26.0 Å². The van der Waals surface area contributed by atoms with Crippen LogP contribution in [0.15, 0.2) is 16.6 Å². The van der Waals surface area contributed by atoms with Gasteiger partial charge in [-0.1, -0.05) is 15.9 Å². The van der Waals surface area contributed by atoms with Crippen LogP contribution in [0, 0.1) is 13.8 Å². The first kappa shape index (κ1) is 17.5. The monoisotopic (exact) mass is 356 g/mol. The lowest BCUT2D eigenvalue weighted by molar-refractivity contribution is -0.138. The summed E-state index contributed by atoms with van der Waals surface area (Å²) in [6, 6.07) is 3.26. The van der Waals surface area contributed by atoms with Crippen molar-refractivity contribution in [3.05, 3.63) is 27.7 Å². The van der Waals surface area contributed by atoms with Gasteiger partial charge < -0.3 is 15.3 Å². The smallest absolute Gasteiger partial charge is 0.323 e. The Hall–Kier alpha value is -1.56. The SMILES string of the molecule is Cc1cc(NC(=O)N(CC(=O)O)C(C)(C)C)cc(C)c1Br. The lowest BCUT2D eigenvalue weighted by atomic mass is 10.1. The fraction of sp³-hybridized carbons (Fsp3) is 0.467. The van der Waals surface area contributed by atoms with Crippen molar-refractivity contribution >= 4 is 33.6 Å². The third-order valence-electron chi connectivity index (χ3n) is 3.04. The molecule has 0 aromatic heterocycles. The van der Waals surface area contributed by atoms with Gasteiger partial charge in [0.05, 0.1) is 0 Å². The Kier molecular flexibility index (Phi) is 5.39. The van der Waals surface area contributed by atoms with Crippen molar-refractivity contribution in [1.29, 1.82) is 0 Å². The number of carboxylic acids is 1. The predicted molar refractivity (Wildman–Crippen MR) is 86.7 cm³/mol. The van der Waals surface area contributed by atoms with Crippen LogP contribution in [0.3, 0.4) is 0 Å². The molecule has 0 atom stereocenters. The topological polar surface area (TPSA) is 69.6 Å². The molecular formula is C15H21BrN2O3. The average Bonchev–Trinajstić information content (AvgIpc) is 2.31. The number of carboxylic acid groups (broad SMARTS) is 1. The summed E-state index contributed by atoms with van der Waals surface area (Å²) >= 11 is 3.47. The number of amides is 2. The van der Waals surface area contributed by atoms with Gasteiger partial charge >= 0.3 is 12.0 Å². The number of hydrogen-bond donors (Lipinski definition) is 2. The van der Waals surface area contributed by atoms with Crippen molar-refractivity contribution < 1.29 is 14.7 Å². The number of hydrogen-bond acceptors (Lipinski definition) is 2. The summed E-state index contributed by atoms with van der Waals surface area (Å²) < 4.78 is 0.999. The Balaban J connectivity index is 2.99. The first-order valence-corrected chi connectivity index (χ1v) is 7.39. The summed E-state index contributed by atoms with van der Waals surface area (Å²) in [5.74, 6) is -1.04. The summed E-state index contributed by atoms with van der Waals surface area (Å²) in [6.45, 7) is 8.93. The van der Waals surface area contributed by atoms with Crippen LogP contribution in [-0.2, 0) is 4.79 Å². The van der Waals surface area contributed by atoms with Gasteiger partial charge in [0.2, 0.25) is 0 Å². The van der Waals surface area contributed by atoms with Crippen molar-refractivity contribution in [2.45, 2.75) is 40.2 Å². The van der Waals surface area contributed by atoms with E-state index in [-0.39, 0.29) is 6.54 Å². The molecule has 0 saturated carbocycles. The van der Waals surface area contributed by atoms with E-state index < -0.39 is 17.5 Å². The highest BCUT2D eigenvalue weighted by atomic mass is 79.9. The van der Waals surface area contributed by atoms with Crippen LogP contribution in [-0.4, -0.2) is 34.1 Å². The zero-order valence-corrected chi connectivity index (χ0v) is 14.5. The van der Waals surface area contributed by atoms with Gasteiger partial charge in [0.1, 0.15) is 6.54 Å². The molecule has 0 spiro atoms. The van der Waals surface area contributed by atoms with Crippen LogP contribution < -0.4 is 5.32 Å². The van der Waals surface area contributed by atoms with Gasteiger partial charge in [-0.3, -0.25) is 4.79 Å². The number of aryl methyl sites for hydroxylation is 2. The van der Waals surface area contributed by atoms with Crippen LogP contribution in [0.5, 0.6) is 0 Å². The maximum absolute atomic E-state index is 12.3. The summed E-state index contributed by atoms with van der Waals surface area (Å²) in [6.07, 6.45) is 0. The van der Waals surface area contributed by atoms with Gasteiger partial charge in [-0.25, -0.2) is 4.79 Å². The minimum atomic E-state index is -1.04. The number of carbonyl (C=O) groups excluding carboxylic acids is 1. The molecular weight excluding hydrogens is 336 g/mol. The average molecular weight is 357 g/mol. The molecule has 0 aliphatic heterocycles. The number of rotatable bonds is 3. The largest absolute Gasteiger partial charge is 0.480 e. The summed E-state index contributed by atoms with van der Waals surface area (Å²) in [4.78, 5) is 24.6. The van der Waals surface area contributed by atoms with Crippen LogP contribution in [0.25, 0.3) is 0 Å². The zero-order chi connectivity index (χ0) is 16.4. The molecule has 116 valence electrons. The van der Waals surface area contributed by atoms with Gasteiger partial charge in [0.25, 0.3) is 0 Å². The van der Waals surface area contributed by atoms with E-state index in [2.05, 4.69) is 21.2 Å². The zero-order valence-electron chi connectivity index (χ0n) is 13.0. The molecule has 2 N–H and O–H groups in total. The second kappa shape index (κ2) is 6.47. The van der Waals surface area contributed by atoms with E-state index in [9.17, 15) is 9.59 Å². The lowest BCUT2D eigenvalue weighted by Crippen LogP contribution is -2.50. The molecule has 1 aromatic carbocycles. The first-order valence-electron chi connectivity index (χ1n) is 6.59. The molecule has 0 radical (unpaired) electrons. The second-order valence-electron chi connectivity index (χ2n) is 6.00. The fourth-order valence-corrected chi connectivity index (χ4v) is 2.19. The number of nitrogens with zero attached hydrogens (tertiary/aromatic N) is 1. The maximum atomic E-state index is 12.3. The Bertz CT molecular complexity index is 542. The number of halogens is 1. The quantitative estimate of drug-likeness (QED) is 0.865. The lowest BCUT2D eigenvalue weighted by Gasteiger charge is -2.34. The molecule has 0 bridgehead atoms. The van der Waals surface area contributed by atoms with Gasteiger partial charge in [0.15, 0.2) is 0 Å². The number of benzene rings is 1. The molecule has 5 nitrogen and oxygen atoms in total. The number of carbonyl (C=O) groups is 2. The molecule has 0 heterocycles. The highest BCUT2D eigenvalue weighted by Crippen LogP contribution is 2.25. The van der Waals surface area contributed by atoms with Gasteiger partial charge in [-0.05, 0) is 57.9 Å². The molecule has 0 fully saturated rings. The number of nitrogens with one attached hydrogen (secondary N) is 1. The van der Waals surface area contributed by atoms with E-state index in [0.717, 1.165) is 15.6 Å². The highest BCUT2D eigenvalue weighted by Gasteiger charge is 2.28. The van der Waals surface area contributed by atoms with Crippen molar-refractivity contribution in [2.24, 2.45) is 0 Å². The maximum Gasteiger partial charge on any atom is 0.323 e. The van der Waals surface area contributed by atoms with E-state index in [1.165, 1.54) is 4.90 Å². The van der Waals surface area contributed by atoms with Crippen molar-refractivity contribution in [1.82, 2.24) is 4.90 Å². The minimum Gasteiger partial charge on any atom is -0.480 e. The predicted octanol–water partition coefficient (Wildman–Crippen LogP) is 3.78. The van der Waals surface area contributed by atoms with Crippen molar-refractivity contribution in [3.63, 3.8) is 0 Å². The highest BCUT2D eigenvalue weighted by molar-refractivity contribution is 9.10. The van der Waals surface area contributed by atoms with Crippen molar-refractivity contribution in [3.8, 4) is 0 Å². The normalized spacial score (nSPS) is 11.1. The minimum absolute atomic E-state index is 0.343. The Morgan fingerprint density at radius 3 is 2.10 bits per heavy atom. The molecule has 6 heteroatoms. The first-order chi connectivity index (χ1) is 9.52. The van der Waals surface area contributed by atoms with E-state index in [1.54, 1.807) is 20.8 Å². The summed E-state index contributed by atoms with van der Waals surface area (Å²) in [7, 11) is 0. The third-order valence-corrected chi connectivity index (χ3v) is 4.29. The van der Waals surface area contributed by atoms with Gasteiger partial charge in [0, 0.05) is 15.7 Å². The summed E-state index contributed by atoms with van der Waals surface area (Å²) in [5.41, 5.74) is 2.08. The molecule has 0 aliphatic rings. The Morgan fingerprint density at radius 1 is 1.24 bits per heavy atom. The number of anilines is 1. The third kappa shape index (κ3) is 4.74. The standard InChI is InChI=1S/C15H21BrN2O3/c1-9-6-11(7-10(2)13(9)16)17-14(21)18(8-12(19)20)15(3,4)5/h6-7H,8H2,1-5H3,(H,17,21)(H,19,20). The van der Waals surface area contributed by atoms with Gasteiger partial charge in [-0.2, -0.15) is 0 Å². The molecule has 21 heavy (non-hydrogen) atoms. The van der Waals surface area contributed by atoms with Crippen LogP contribution in [0.1, 0.15) is 31.9 Å². The molecule has 2 amide bonds. The van der Waals surface area contributed by atoms with Crippen molar-refractivity contribution in [2.75, 3.05) is 11.9 Å². The number of aliphatic carboxylic acids is 1. The fourth-order valence-electron chi connectivity index (χ4n) is 1.96. The number of urea groups is 1. The molecule has 0 unspecified atom stereocenters. The Morgan fingerprint density at radius 2 is 1.71 bits per heavy atom. The molecule has 1 aromatic rings. The van der Waals surface area contributed by atoms with E-state index in [4.69, 9.17) is 5.11 Å². The summed E-state index contributed by atoms with van der Waals surface area (Å²) in [5, 5.41) is 11.7. The molecule has 0 aliphatic carbocycles. The molecule has 1 rings (SSSR count). The van der Waals surface area contributed by atoms with Crippen LogP contribution in [0.2, 0.25) is 0 Å².